The summed E-state index contributed by atoms with van der Waals surface area (Å²) in [4.78, 5) is 13.0. The lowest BCUT2D eigenvalue weighted by Crippen LogP contribution is -2.58. The summed E-state index contributed by atoms with van der Waals surface area (Å²) in [6, 6.07) is 3.56. The molecule has 0 aliphatic rings. The van der Waals surface area contributed by atoms with Gasteiger partial charge in [0, 0.05) is 11.6 Å². The molecule has 0 saturated heterocycles. The van der Waals surface area contributed by atoms with Gasteiger partial charge in [0.25, 0.3) is 0 Å². The van der Waals surface area contributed by atoms with Crippen LogP contribution in [0.3, 0.4) is 0 Å². The van der Waals surface area contributed by atoms with Gasteiger partial charge in [-0.05, 0) is 76.8 Å². The lowest BCUT2D eigenvalue weighted by atomic mass is 10.1. The number of rotatable bonds is 13. The number of hydrogen-bond donors (Lipinski definition) is 0. The number of carbonyl (C=O) groups excluding carboxylic acids is 1. The van der Waals surface area contributed by atoms with Crippen LogP contribution < -0.4 is 14.2 Å². The van der Waals surface area contributed by atoms with E-state index in [2.05, 4.69) is 53.1 Å². The van der Waals surface area contributed by atoms with Gasteiger partial charge in [-0.15, -0.1) is 0 Å². The van der Waals surface area contributed by atoms with Gasteiger partial charge in [-0.25, -0.2) is 4.79 Å². The highest BCUT2D eigenvalue weighted by molar-refractivity contribution is 6.81. The molecular formula is C24H43O7Si3. The van der Waals surface area contributed by atoms with Crippen LogP contribution in [-0.2, 0) is 17.8 Å². The summed E-state index contributed by atoms with van der Waals surface area (Å²) in [5.74, 6) is 1.32. The maximum Gasteiger partial charge on any atom is 0.411 e. The van der Waals surface area contributed by atoms with Crippen molar-refractivity contribution in [2.45, 2.75) is 71.7 Å². The molecule has 0 aliphatic carbocycles. The summed E-state index contributed by atoms with van der Waals surface area (Å²) in [5, 5.41) is -0.845. The predicted molar refractivity (Wildman–Crippen MR) is 144 cm³/mol. The Morgan fingerprint density at radius 2 is 1.47 bits per heavy atom. The van der Waals surface area contributed by atoms with Gasteiger partial charge in [-0.1, -0.05) is 13.8 Å². The smallest absolute Gasteiger partial charge is 0.411 e. The van der Waals surface area contributed by atoms with Crippen LogP contribution in [-0.4, -0.2) is 58.4 Å². The Balaban J connectivity index is 3.30. The van der Waals surface area contributed by atoms with Crippen molar-refractivity contribution in [2.24, 2.45) is 5.92 Å². The molecule has 1 rings (SSSR count). The Morgan fingerprint density at radius 3 is 1.88 bits per heavy atom. The van der Waals surface area contributed by atoms with E-state index in [0.29, 0.717) is 35.2 Å². The molecule has 0 saturated carbocycles. The maximum atomic E-state index is 13.0. The molecule has 0 heterocycles. The van der Waals surface area contributed by atoms with Gasteiger partial charge < -0.3 is 27.2 Å². The molecule has 1 aromatic carbocycles. The number of hydrogen-bond acceptors (Lipinski definition) is 7. The van der Waals surface area contributed by atoms with Crippen molar-refractivity contribution >= 4 is 38.0 Å². The second-order valence-corrected chi connectivity index (χ2v) is 22.4. The summed E-state index contributed by atoms with van der Waals surface area (Å²) < 4.78 is 35.5. The first kappa shape index (κ1) is 30.4. The van der Waals surface area contributed by atoms with Crippen LogP contribution >= 0.6 is 0 Å². The van der Waals surface area contributed by atoms with Crippen molar-refractivity contribution in [2.75, 3.05) is 21.3 Å². The largest absolute Gasteiger partial charge is 0.493 e. The highest BCUT2D eigenvalue weighted by Gasteiger charge is 2.48. The zero-order chi connectivity index (χ0) is 26.3. The molecule has 0 fully saturated rings. The molecule has 1 radical (unpaired) electrons. The van der Waals surface area contributed by atoms with Crippen molar-refractivity contribution in [3.63, 3.8) is 0 Å². The van der Waals surface area contributed by atoms with Gasteiger partial charge in [0.2, 0.25) is 5.75 Å². The molecule has 0 aromatic heterocycles. The molecule has 34 heavy (non-hydrogen) atoms. The van der Waals surface area contributed by atoms with Gasteiger partial charge in [-0.3, -0.25) is 0 Å². The molecule has 0 spiro atoms. The first-order valence-corrected chi connectivity index (χ1v) is 19.6. The Hall–Kier alpha value is -1.60. The summed E-state index contributed by atoms with van der Waals surface area (Å²) in [7, 11) is -1.16. The van der Waals surface area contributed by atoms with E-state index in [4.69, 9.17) is 27.2 Å². The van der Waals surface area contributed by atoms with Crippen LogP contribution in [0.25, 0.3) is 6.08 Å². The van der Waals surface area contributed by atoms with Crippen LogP contribution in [0.1, 0.15) is 32.8 Å². The molecule has 7 nitrogen and oxygen atoms in total. The SMILES string of the molecule is COc1ccc(C=CC(=O)OC(C)(CC(C)C)[Si](O[Si](C)(C)C)O[Si](C)(C)C)c(OC)c1OC. The number of benzene rings is 1. The van der Waals surface area contributed by atoms with E-state index in [1.54, 1.807) is 39.5 Å². The molecule has 1 aromatic rings. The highest BCUT2D eigenvalue weighted by atomic mass is 28.4. The summed E-state index contributed by atoms with van der Waals surface area (Å²) >= 11 is 0. The predicted octanol–water partition coefficient (Wildman–Crippen LogP) is 5.80. The van der Waals surface area contributed by atoms with Crippen LogP contribution in [0, 0.1) is 5.92 Å². The van der Waals surface area contributed by atoms with Crippen molar-refractivity contribution in [1.29, 1.82) is 0 Å². The fraction of sp³-hybridized carbons (Fsp3) is 0.625. The maximum absolute atomic E-state index is 13.0. The second-order valence-electron chi connectivity index (χ2n) is 10.7. The van der Waals surface area contributed by atoms with E-state index in [0.717, 1.165) is 0 Å². The van der Waals surface area contributed by atoms with E-state index in [1.807, 2.05) is 6.92 Å². The minimum Gasteiger partial charge on any atom is -0.493 e. The summed E-state index contributed by atoms with van der Waals surface area (Å²) in [6.45, 7) is 19.0. The molecule has 0 bridgehead atoms. The molecule has 0 amide bonds. The molecule has 0 N–H and O–H groups in total. The van der Waals surface area contributed by atoms with Crippen molar-refractivity contribution in [1.82, 2.24) is 0 Å². The van der Waals surface area contributed by atoms with Crippen LogP contribution in [0.5, 0.6) is 17.2 Å². The lowest BCUT2D eigenvalue weighted by molar-refractivity contribution is -0.147. The third-order valence-electron chi connectivity index (χ3n) is 4.49. The molecular weight excluding hydrogens is 485 g/mol. The average Bonchev–Trinajstić information content (AvgIpc) is 2.68. The van der Waals surface area contributed by atoms with Gasteiger partial charge in [0.1, 0.15) is 0 Å². The van der Waals surface area contributed by atoms with E-state index in [9.17, 15) is 4.79 Å². The average molecular weight is 528 g/mol. The monoisotopic (exact) mass is 527 g/mol. The lowest BCUT2D eigenvalue weighted by Gasteiger charge is -2.40. The number of esters is 1. The molecule has 193 valence electrons. The van der Waals surface area contributed by atoms with Crippen LogP contribution in [0.15, 0.2) is 18.2 Å². The number of carbonyl (C=O) groups is 1. The van der Waals surface area contributed by atoms with Crippen LogP contribution in [0.4, 0.5) is 0 Å². The fourth-order valence-corrected chi connectivity index (χ4v) is 10.9. The summed E-state index contributed by atoms with van der Waals surface area (Å²) in [6.07, 6.45) is 3.71. The molecule has 0 aliphatic heterocycles. The van der Waals surface area contributed by atoms with E-state index < -0.39 is 37.1 Å². The second kappa shape index (κ2) is 12.4. The number of methoxy groups -OCH3 is 3. The third kappa shape index (κ3) is 9.57. The topological polar surface area (TPSA) is 72.5 Å². The normalized spacial score (nSPS) is 14.4. The van der Waals surface area contributed by atoms with E-state index in [1.165, 1.54) is 6.08 Å². The van der Waals surface area contributed by atoms with Gasteiger partial charge in [0.15, 0.2) is 33.4 Å². The Labute approximate surface area is 209 Å². The Kier molecular flexibility index (Phi) is 11.1. The van der Waals surface area contributed by atoms with Crippen LogP contribution in [0.2, 0.25) is 39.3 Å². The standard InChI is InChI=1S/C24H43O7Si3/c1-18(2)17-24(3,32(30-33(7,8)9)31-34(10,11)12)29-21(25)16-14-19-13-15-20(26-4)23(28-6)22(19)27-5/h13-16,18H,17H2,1-12H3. The van der Waals surface area contributed by atoms with Crippen molar-refractivity contribution in [3.05, 3.63) is 23.8 Å². The third-order valence-corrected chi connectivity index (χ3v) is 12.0. The first-order valence-electron chi connectivity index (χ1n) is 11.5. The zero-order valence-electron chi connectivity index (χ0n) is 23.0. The molecule has 1 unspecified atom stereocenters. The zero-order valence-corrected chi connectivity index (χ0v) is 26.0. The highest BCUT2D eigenvalue weighted by Crippen LogP contribution is 2.40. The van der Waals surface area contributed by atoms with Crippen molar-refractivity contribution < 1.29 is 32.0 Å². The fourth-order valence-electron chi connectivity index (χ4n) is 3.41. The quantitative estimate of drug-likeness (QED) is 0.182. The number of ether oxygens (including phenoxy) is 4. The molecule has 1 atom stereocenters. The van der Waals surface area contributed by atoms with E-state index >= 15 is 0 Å². The minimum absolute atomic E-state index is 0.295. The summed E-state index contributed by atoms with van der Waals surface area (Å²) in [5.41, 5.74) is 0.671. The van der Waals surface area contributed by atoms with E-state index in [-0.39, 0.29) is 0 Å². The van der Waals surface area contributed by atoms with Gasteiger partial charge >= 0.3 is 15.3 Å². The van der Waals surface area contributed by atoms with Gasteiger partial charge in [-0.2, -0.15) is 0 Å². The first-order chi connectivity index (χ1) is 15.5. The minimum atomic E-state index is -1.94. The molecule has 10 heteroatoms. The Morgan fingerprint density at radius 1 is 0.941 bits per heavy atom. The van der Waals surface area contributed by atoms with Gasteiger partial charge in [0.05, 0.1) is 21.3 Å². The van der Waals surface area contributed by atoms with Crippen molar-refractivity contribution in [3.8, 4) is 17.2 Å². The Bertz CT molecular complexity index is 828.